The highest BCUT2D eigenvalue weighted by molar-refractivity contribution is 5.89. The molecule has 0 radical (unpaired) electrons. The highest BCUT2D eigenvalue weighted by Gasteiger charge is 2.20. The van der Waals surface area contributed by atoms with Crippen LogP contribution in [0.15, 0.2) is 24.3 Å². The molecule has 0 heterocycles. The molecule has 21 heavy (non-hydrogen) atoms. The van der Waals surface area contributed by atoms with Crippen molar-refractivity contribution in [1.29, 1.82) is 5.26 Å². The van der Waals surface area contributed by atoms with Crippen molar-refractivity contribution in [2.24, 2.45) is 5.92 Å². The monoisotopic (exact) mass is 287 g/mol. The second-order valence-electron chi connectivity index (χ2n) is 5.55. The number of carbonyl (C=O) groups excluding carboxylic acids is 1. The number of hydrogen-bond donors (Lipinski definition) is 3. The van der Waals surface area contributed by atoms with E-state index in [0.717, 1.165) is 31.2 Å². The standard InChI is InChI=1S/C16H21N3O2/c17-9-8-12-4-6-14(7-5-12)19-16(21)18-11-13-2-1-3-15(20)10-13/h4-7,13,15,20H,1-3,8,10-11H2,(H2,18,19,21). The molecule has 0 saturated heterocycles. The van der Waals surface area contributed by atoms with E-state index in [0.29, 0.717) is 24.6 Å². The molecule has 1 aromatic carbocycles. The number of aliphatic hydroxyl groups excluding tert-OH is 1. The lowest BCUT2D eigenvalue weighted by molar-refractivity contribution is 0.101. The van der Waals surface area contributed by atoms with Gasteiger partial charge in [0.1, 0.15) is 0 Å². The molecule has 1 aromatic rings. The van der Waals surface area contributed by atoms with E-state index in [-0.39, 0.29) is 12.1 Å². The molecule has 2 amide bonds. The molecule has 5 heteroatoms. The third kappa shape index (κ3) is 5.09. The van der Waals surface area contributed by atoms with E-state index in [9.17, 15) is 9.90 Å². The molecule has 2 atom stereocenters. The van der Waals surface area contributed by atoms with Crippen LogP contribution in [0.25, 0.3) is 0 Å². The third-order valence-electron chi connectivity index (χ3n) is 3.80. The maximum atomic E-state index is 11.8. The van der Waals surface area contributed by atoms with Crippen LogP contribution in [-0.2, 0) is 6.42 Å². The second kappa shape index (κ2) is 7.65. The van der Waals surface area contributed by atoms with Crippen LogP contribution in [0, 0.1) is 17.2 Å². The van der Waals surface area contributed by atoms with Gasteiger partial charge in [0.05, 0.1) is 18.6 Å². The average Bonchev–Trinajstić information content (AvgIpc) is 2.48. The number of nitrogens with one attached hydrogen (secondary N) is 2. The van der Waals surface area contributed by atoms with Crippen LogP contribution >= 0.6 is 0 Å². The summed E-state index contributed by atoms with van der Waals surface area (Å²) in [6.07, 6.45) is 3.87. The van der Waals surface area contributed by atoms with Crippen LogP contribution in [0.3, 0.4) is 0 Å². The van der Waals surface area contributed by atoms with Crippen LogP contribution in [0.1, 0.15) is 31.2 Å². The molecule has 0 aliphatic heterocycles. The van der Waals surface area contributed by atoms with Crippen LogP contribution in [-0.4, -0.2) is 23.8 Å². The van der Waals surface area contributed by atoms with E-state index < -0.39 is 0 Å². The number of carbonyl (C=O) groups is 1. The molecular weight excluding hydrogens is 266 g/mol. The molecule has 2 unspecified atom stereocenters. The summed E-state index contributed by atoms with van der Waals surface area (Å²) >= 11 is 0. The summed E-state index contributed by atoms with van der Waals surface area (Å²) in [4.78, 5) is 11.8. The van der Waals surface area contributed by atoms with Gasteiger partial charge in [-0.05, 0) is 42.9 Å². The molecule has 0 aromatic heterocycles. The Morgan fingerprint density at radius 2 is 2.10 bits per heavy atom. The topological polar surface area (TPSA) is 85.2 Å². The van der Waals surface area contributed by atoms with E-state index >= 15 is 0 Å². The number of benzene rings is 1. The van der Waals surface area contributed by atoms with Crippen molar-refractivity contribution in [1.82, 2.24) is 5.32 Å². The Bertz CT molecular complexity index is 507. The minimum Gasteiger partial charge on any atom is -0.393 e. The smallest absolute Gasteiger partial charge is 0.319 e. The van der Waals surface area contributed by atoms with E-state index in [2.05, 4.69) is 16.7 Å². The first-order valence-electron chi connectivity index (χ1n) is 7.36. The molecule has 5 nitrogen and oxygen atoms in total. The Morgan fingerprint density at radius 1 is 1.33 bits per heavy atom. The first-order chi connectivity index (χ1) is 10.2. The molecule has 1 aliphatic carbocycles. The Kier molecular flexibility index (Phi) is 5.59. The van der Waals surface area contributed by atoms with E-state index in [1.807, 2.05) is 12.1 Å². The number of nitrogens with zero attached hydrogens (tertiary/aromatic N) is 1. The van der Waals surface area contributed by atoms with Gasteiger partial charge in [0.25, 0.3) is 0 Å². The van der Waals surface area contributed by atoms with Gasteiger partial charge in [-0.15, -0.1) is 0 Å². The van der Waals surface area contributed by atoms with Crippen molar-refractivity contribution in [3.05, 3.63) is 29.8 Å². The van der Waals surface area contributed by atoms with Crippen molar-refractivity contribution < 1.29 is 9.90 Å². The number of anilines is 1. The fraction of sp³-hybridized carbons (Fsp3) is 0.500. The van der Waals surface area contributed by atoms with Gasteiger partial charge in [-0.1, -0.05) is 18.6 Å². The van der Waals surface area contributed by atoms with Gasteiger partial charge >= 0.3 is 6.03 Å². The number of amides is 2. The van der Waals surface area contributed by atoms with Crippen molar-refractivity contribution in [2.75, 3.05) is 11.9 Å². The third-order valence-corrected chi connectivity index (χ3v) is 3.80. The van der Waals surface area contributed by atoms with E-state index in [1.54, 1.807) is 12.1 Å². The molecule has 112 valence electrons. The van der Waals surface area contributed by atoms with Gasteiger partial charge in [0.2, 0.25) is 0 Å². The largest absolute Gasteiger partial charge is 0.393 e. The molecule has 2 rings (SSSR count). The number of hydrogen-bond acceptors (Lipinski definition) is 3. The maximum absolute atomic E-state index is 11.8. The van der Waals surface area contributed by atoms with Crippen LogP contribution < -0.4 is 10.6 Å². The summed E-state index contributed by atoms with van der Waals surface area (Å²) in [7, 11) is 0. The number of rotatable bonds is 4. The van der Waals surface area contributed by atoms with Crippen molar-refractivity contribution in [3.8, 4) is 6.07 Å². The summed E-state index contributed by atoms with van der Waals surface area (Å²) < 4.78 is 0. The van der Waals surface area contributed by atoms with Crippen LogP contribution in [0.2, 0.25) is 0 Å². The Balaban J connectivity index is 1.75. The quantitative estimate of drug-likeness (QED) is 0.795. The number of aliphatic hydroxyl groups is 1. The molecule has 1 aliphatic rings. The molecule has 0 spiro atoms. The van der Waals surface area contributed by atoms with Gasteiger partial charge < -0.3 is 15.7 Å². The minimum atomic E-state index is -0.233. The van der Waals surface area contributed by atoms with Crippen LogP contribution in [0.5, 0.6) is 0 Å². The average molecular weight is 287 g/mol. The maximum Gasteiger partial charge on any atom is 0.319 e. The lowest BCUT2D eigenvalue weighted by Crippen LogP contribution is -2.35. The summed E-state index contributed by atoms with van der Waals surface area (Å²) in [5.41, 5.74) is 1.64. The van der Waals surface area contributed by atoms with Gasteiger partial charge in [-0.25, -0.2) is 4.79 Å². The van der Waals surface area contributed by atoms with Crippen molar-refractivity contribution >= 4 is 11.7 Å². The summed E-state index contributed by atoms with van der Waals surface area (Å²) in [5.74, 6) is 0.359. The van der Waals surface area contributed by atoms with Gasteiger partial charge in [-0.2, -0.15) is 5.26 Å². The molecule has 1 saturated carbocycles. The van der Waals surface area contributed by atoms with E-state index in [4.69, 9.17) is 5.26 Å². The first-order valence-corrected chi connectivity index (χ1v) is 7.36. The molecular formula is C16H21N3O2. The normalized spacial score (nSPS) is 21.3. The Labute approximate surface area is 125 Å². The lowest BCUT2D eigenvalue weighted by atomic mass is 9.87. The molecule has 0 bridgehead atoms. The highest BCUT2D eigenvalue weighted by atomic mass is 16.3. The van der Waals surface area contributed by atoms with Crippen molar-refractivity contribution in [2.45, 2.75) is 38.2 Å². The summed E-state index contributed by atoms with van der Waals surface area (Å²) in [5, 5.41) is 23.8. The Morgan fingerprint density at radius 3 is 2.76 bits per heavy atom. The minimum absolute atomic E-state index is 0.221. The fourth-order valence-electron chi connectivity index (χ4n) is 2.66. The number of urea groups is 1. The summed E-state index contributed by atoms with van der Waals surface area (Å²) in [6, 6.07) is 9.09. The fourth-order valence-corrected chi connectivity index (χ4v) is 2.66. The second-order valence-corrected chi connectivity index (χ2v) is 5.55. The lowest BCUT2D eigenvalue weighted by Gasteiger charge is -2.25. The van der Waals surface area contributed by atoms with Gasteiger partial charge in [0, 0.05) is 12.2 Å². The van der Waals surface area contributed by atoms with E-state index in [1.165, 1.54) is 0 Å². The number of nitriles is 1. The van der Waals surface area contributed by atoms with Gasteiger partial charge in [0.15, 0.2) is 0 Å². The predicted molar refractivity (Wildman–Crippen MR) is 80.7 cm³/mol. The highest BCUT2D eigenvalue weighted by Crippen LogP contribution is 2.23. The summed E-state index contributed by atoms with van der Waals surface area (Å²) in [6.45, 7) is 0.593. The molecule has 3 N–H and O–H groups in total. The zero-order chi connectivity index (χ0) is 15.1. The molecule has 1 fully saturated rings. The first kappa shape index (κ1) is 15.3. The van der Waals surface area contributed by atoms with Crippen molar-refractivity contribution in [3.63, 3.8) is 0 Å². The Hall–Kier alpha value is -2.06. The zero-order valence-electron chi connectivity index (χ0n) is 12.0. The SMILES string of the molecule is N#CCc1ccc(NC(=O)NCC2CCCC(O)C2)cc1. The predicted octanol–water partition coefficient (Wildman–Crippen LogP) is 2.43. The zero-order valence-corrected chi connectivity index (χ0v) is 12.0. The van der Waals surface area contributed by atoms with Crippen LogP contribution in [0.4, 0.5) is 10.5 Å². The van der Waals surface area contributed by atoms with Gasteiger partial charge in [-0.3, -0.25) is 0 Å².